The maximum atomic E-state index is 2.19. The maximum Gasteiger partial charge on any atom is 0.0355 e. The van der Waals surface area contributed by atoms with Crippen molar-refractivity contribution in [2.75, 3.05) is 0 Å². The molecule has 0 fully saturated rings. The summed E-state index contributed by atoms with van der Waals surface area (Å²) >= 11 is 0. The Morgan fingerprint density at radius 1 is 1.00 bits per heavy atom. The van der Waals surface area contributed by atoms with Gasteiger partial charge in [0.05, 0.1) is 0 Å². The molecule has 1 heteroatoms. The second-order valence-electron chi connectivity index (χ2n) is 3.26. The van der Waals surface area contributed by atoms with Gasteiger partial charge in [-0.3, -0.25) is 0 Å². The quantitative estimate of drug-likeness (QED) is 0.540. The molecule has 66 valence electrons. The van der Waals surface area contributed by atoms with E-state index in [4.69, 9.17) is 0 Å². The molecule has 0 radical (unpaired) electrons. The fourth-order valence-corrected chi connectivity index (χ4v) is 0.782. The van der Waals surface area contributed by atoms with Crippen LogP contribution in [0.3, 0.4) is 0 Å². The standard InChI is InChI=1S/C8H13N.C2H6.H2/c1-8(2,3)9-6-4-5-7-9;1-2;/h4-7H,1-3H3;1-2H3;1H. The molecule has 11 heavy (non-hydrogen) atoms. The largest absolute Gasteiger partial charge is 0.349 e. The Kier molecular flexibility index (Phi) is 3.94. The lowest BCUT2D eigenvalue weighted by atomic mass is 10.1. The van der Waals surface area contributed by atoms with Gasteiger partial charge in [0.15, 0.2) is 0 Å². The molecule has 0 atom stereocenters. The summed E-state index contributed by atoms with van der Waals surface area (Å²) in [4.78, 5) is 0. The van der Waals surface area contributed by atoms with Gasteiger partial charge in [-0.1, -0.05) is 13.8 Å². The fourth-order valence-electron chi connectivity index (χ4n) is 0.782. The number of aromatic nitrogens is 1. The minimum atomic E-state index is 0. The zero-order valence-electron chi connectivity index (χ0n) is 8.26. The Bertz CT molecular complexity index is 172. The third-order valence-electron chi connectivity index (χ3n) is 1.38. The van der Waals surface area contributed by atoms with Crippen molar-refractivity contribution in [1.29, 1.82) is 0 Å². The summed E-state index contributed by atoms with van der Waals surface area (Å²) in [6.45, 7) is 10.6. The van der Waals surface area contributed by atoms with Crippen molar-refractivity contribution in [2.24, 2.45) is 0 Å². The van der Waals surface area contributed by atoms with Crippen molar-refractivity contribution < 1.29 is 1.43 Å². The Labute approximate surface area is 71.5 Å². The Morgan fingerprint density at radius 3 is 1.55 bits per heavy atom. The molecule has 0 amide bonds. The first-order valence-electron chi connectivity index (χ1n) is 4.24. The van der Waals surface area contributed by atoms with Crippen LogP contribution in [-0.2, 0) is 5.54 Å². The van der Waals surface area contributed by atoms with Crippen LogP contribution in [0.1, 0.15) is 36.0 Å². The van der Waals surface area contributed by atoms with E-state index < -0.39 is 0 Å². The zero-order chi connectivity index (χ0) is 8.91. The van der Waals surface area contributed by atoms with Crippen LogP contribution in [0, 0.1) is 0 Å². The predicted octanol–water partition coefficient (Wildman–Crippen LogP) is 3.52. The molecule has 0 N–H and O–H groups in total. The highest BCUT2D eigenvalue weighted by atomic mass is 15.0. The number of nitrogens with zero attached hydrogens (tertiary/aromatic N) is 1. The van der Waals surface area contributed by atoms with E-state index in [0.717, 1.165) is 0 Å². The Hall–Kier alpha value is -0.720. The highest BCUT2D eigenvalue weighted by molar-refractivity contribution is 4.94. The molecular weight excluding hydrogens is 134 g/mol. The molecule has 1 heterocycles. The zero-order valence-corrected chi connectivity index (χ0v) is 8.26. The minimum absolute atomic E-state index is 0. The molecule has 1 aromatic rings. The molecule has 1 aromatic heterocycles. The monoisotopic (exact) mass is 155 g/mol. The average molecular weight is 155 g/mol. The highest BCUT2D eigenvalue weighted by Gasteiger charge is 2.09. The van der Waals surface area contributed by atoms with E-state index >= 15 is 0 Å². The van der Waals surface area contributed by atoms with Crippen LogP contribution in [-0.4, -0.2) is 4.57 Å². The molecule has 0 aliphatic heterocycles. The van der Waals surface area contributed by atoms with E-state index in [1.165, 1.54) is 0 Å². The van der Waals surface area contributed by atoms with E-state index in [1.54, 1.807) is 0 Å². The van der Waals surface area contributed by atoms with Gasteiger partial charge in [0.1, 0.15) is 0 Å². The predicted molar refractivity (Wildman–Crippen MR) is 52.9 cm³/mol. The van der Waals surface area contributed by atoms with Gasteiger partial charge >= 0.3 is 0 Å². The van der Waals surface area contributed by atoms with Crippen molar-refractivity contribution in [3.8, 4) is 0 Å². The lowest BCUT2D eigenvalue weighted by molar-refractivity contribution is 0.398. The first-order valence-corrected chi connectivity index (χ1v) is 4.24. The SMILES string of the molecule is CC.CC(C)(C)n1cccc1.[HH]. The number of hydrogen-bond acceptors (Lipinski definition) is 0. The van der Waals surface area contributed by atoms with Gasteiger partial charge in [-0.25, -0.2) is 0 Å². The van der Waals surface area contributed by atoms with Gasteiger partial charge in [-0.15, -0.1) is 0 Å². The van der Waals surface area contributed by atoms with E-state index in [1.807, 2.05) is 26.0 Å². The van der Waals surface area contributed by atoms with Crippen LogP contribution >= 0.6 is 0 Å². The van der Waals surface area contributed by atoms with Crippen LogP contribution < -0.4 is 0 Å². The van der Waals surface area contributed by atoms with Crippen molar-refractivity contribution in [3.05, 3.63) is 24.5 Å². The molecule has 0 unspecified atom stereocenters. The van der Waals surface area contributed by atoms with Crippen LogP contribution in [0.2, 0.25) is 0 Å². The van der Waals surface area contributed by atoms with Gasteiger partial charge in [-0.05, 0) is 32.9 Å². The first kappa shape index (κ1) is 10.3. The van der Waals surface area contributed by atoms with E-state index in [2.05, 4.69) is 37.7 Å². The lowest BCUT2D eigenvalue weighted by Gasteiger charge is -2.20. The summed E-state index contributed by atoms with van der Waals surface area (Å²) in [5.41, 5.74) is 0.240. The fraction of sp³-hybridized carbons (Fsp3) is 0.600. The second-order valence-corrected chi connectivity index (χ2v) is 3.26. The van der Waals surface area contributed by atoms with Crippen LogP contribution in [0.15, 0.2) is 24.5 Å². The van der Waals surface area contributed by atoms with Gasteiger partial charge in [0.2, 0.25) is 0 Å². The molecule has 0 bridgehead atoms. The van der Waals surface area contributed by atoms with Crippen molar-refractivity contribution >= 4 is 0 Å². The molecule has 0 aliphatic carbocycles. The Morgan fingerprint density at radius 2 is 1.36 bits per heavy atom. The van der Waals surface area contributed by atoms with Gasteiger partial charge in [0.25, 0.3) is 0 Å². The molecule has 0 saturated heterocycles. The van der Waals surface area contributed by atoms with E-state index in [9.17, 15) is 0 Å². The smallest absolute Gasteiger partial charge is 0.0355 e. The molecular formula is C10H21N. The summed E-state index contributed by atoms with van der Waals surface area (Å²) in [5, 5.41) is 0. The molecule has 0 spiro atoms. The summed E-state index contributed by atoms with van der Waals surface area (Å²) in [6, 6.07) is 4.09. The molecule has 1 nitrogen and oxygen atoms in total. The summed E-state index contributed by atoms with van der Waals surface area (Å²) < 4.78 is 2.19. The summed E-state index contributed by atoms with van der Waals surface area (Å²) in [5.74, 6) is 0. The lowest BCUT2D eigenvalue weighted by Crippen LogP contribution is -2.19. The first-order chi connectivity index (χ1) is 5.11. The van der Waals surface area contributed by atoms with Gasteiger partial charge < -0.3 is 4.57 Å². The third kappa shape index (κ3) is 3.26. The van der Waals surface area contributed by atoms with Crippen LogP contribution in [0.4, 0.5) is 0 Å². The molecule has 0 aliphatic rings. The minimum Gasteiger partial charge on any atom is -0.349 e. The second kappa shape index (κ2) is 4.22. The van der Waals surface area contributed by atoms with Crippen LogP contribution in [0.25, 0.3) is 0 Å². The van der Waals surface area contributed by atoms with E-state index in [0.29, 0.717) is 0 Å². The molecule has 1 rings (SSSR count). The van der Waals surface area contributed by atoms with Crippen molar-refractivity contribution in [1.82, 2.24) is 4.57 Å². The molecule has 0 saturated carbocycles. The number of hydrogen-bond donors (Lipinski definition) is 0. The van der Waals surface area contributed by atoms with Crippen molar-refractivity contribution in [3.63, 3.8) is 0 Å². The third-order valence-corrected chi connectivity index (χ3v) is 1.38. The normalized spacial score (nSPS) is 10.3. The summed E-state index contributed by atoms with van der Waals surface area (Å²) in [7, 11) is 0. The van der Waals surface area contributed by atoms with Crippen molar-refractivity contribution in [2.45, 2.75) is 40.2 Å². The highest BCUT2D eigenvalue weighted by Crippen LogP contribution is 2.12. The van der Waals surface area contributed by atoms with Gasteiger partial charge in [0, 0.05) is 19.4 Å². The van der Waals surface area contributed by atoms with Crippen LogP contribution in [0.5, 0.6) is 0 Å². The topological polar surface area (TPSA) is 4.93 Å². The maximum absolute atomic E-state index is 2.19. The number of rotatable bonds is 0. The van der Waals surface area contributed by atoms with E-state index in [-0.39, 0.29) is 6.97 Å². The summed E-state index contributed by atoms with van der Waals surface area (Å²) in [6.07, 6.45) is 4.17. The Balaban J connectivity index is 0. The average Bonchev–Trinajstić information content (AvgIpc) is 2.40. The van der Waals surface area contributed by atoms with Gasteiger partial charge in [-0.2, -0.15) is 0 Å². The molecule has 0 aromatic carbocycles.